The molecule has 0 heterocycles. The van der Waals surface area contributed by atoms with Crippen molar-refractivity contribution in [2.75, 3.05) is 20.4 Å². The number of carboxylic acids is 1. The lowest BCUT2D eigenvalue weighted by Gasteiger charge is -2.14. The van der Waals surface area contributed by atoms with Crippen LogP contribution in [-0.4, -0.2) is 31.5 Å². The summed E-state index contributed by atoms with van der Waals surface area (Å²) in [5, 5.41) is 8.88. The first kappa shape index (κ1) is 14.4. The molecule has 0 unspecified atom stereocenters. The largest absolute Gasteiger partial charge is 0.478 e. The average Bonchev–Trinajstić information content (AvgIpc) is 2.16. The Balaban J connectivity index is 4.85. The number of aliphatic carboxylic acids is 1. The molecule has 0 bridgehead atoms. The molecule has 0 aliphatic heterocycles. The fraction of sp³-hybridized carbons (Fsp3) is 0.667. The van der Waals surface area contributed by atoms with Crippen LogP contribution in [0.15, 0.2) is 11.6 Å². The van der Waals surface area contributed by atoms with E-state index in [1.165, 1.54) is 20.3 Å². The van der Waals surface area contributed by atoms with E-state index in [-0.39, 0.29) is 17.7 Å². The topological polar surface area (TPSA) is 72.8 Å². The van der Waals surface area contributed by atoms with Crippen LogP contribution in [-0.2, 0) is 18.4 Å². The van der Waals surface area contributed by atoms with E-state index in [4.69, 9.17) is 5.11 Å². The van der Waals surface area contributed by atoms with E-state index in [1.807, 2.05) is 13.8 Å². The van der Waals surface area contributed by atoms with Gasteiger partial charge in [-0.05, 0) is 5.92 Å². The molecule has 0 spiro atoms. The zero-order chi connectivity index (χ0) is 12.1. The van der Waals surface area contributed by atoms with Gasteiger partial charge in [0.1, 0.15) is 0 Å². The molecule has 88 valence electrons. The SMILES string of the molecule is COP(=O)(CC(=CC(C)C)C(=O)O)OC. The van der Waals surface area contributed by atoms with Crippen molar-refractivity contribution in [3.05, 3.63) is 11.6 Å². The molecule has 0 aromatic rings. The number of carbonyl (C=O) groups is 1. The van der Waals surface area contributed by atoms with E-state index in [1.54, 1.807) is 0 Å². The fourth-order valence-corrected chi connectivity index (χ4v) is 2.07. The van der Waals surface area contributed by atoms with Gasteiger partial charge in [0.2, 0.25) is 0 Å². The number of carboxylic acid groups (broad SMARTS) is 1. The summed E-state index contributed by atoms with van der Waals surface area (Å²) in [5.41, 5.74) is 0.0528. The predicted molar refractivity (Wildman–Crippen MR) is 57.0 cm³/mol. The molecule has 0 aromatic heterocycles. The van der Waals surface area contributed by atoms with Crippen LogP contribution < -0.4 is 0 Å². The van der Waals surface area contributed by atoms with Crippen LogP contribution in [0.2, 0.25) is 0 Å². The molecular weight excluding hydrogens is 219 g/mol. The minimum Gasteiger partial charge on any atom is -0.478 e. The van der Waals surface area contributed by atoms with Crippen LogP contribution in [0, 0.1) is 5.92 Å². The molecule has 0 aliphatic rings. The monoisotopic (exact) mass is 236 g/mol. The molecule has 6 heteroatoms. The van der Waals surface area contributed by atoms with Crippen molar-refractivity contribution in [1.82, 2.24) is 0 Å². The van der Waals surface area contributed by atoms with E-state index in [0.29, 0.717) is 0 Å². The highest BCUT2D eigenvalue weighted by molar-refractivity contribution is 7.54. The molecule has 0 aromatic carbocycles. The van der Waals surface area contributed by atoms with Crippen molar-refractivity contribution < 1.29 is 23.5 Å². The Bertz CT molecular complexity index is 287. The van der Waals surface area contributed by atoms with Gasteiger partial charge in [-0.15, -0.1) is 0 Å². The Morgan fingerprint density at radius 3 is 2.13 bits per heavy atom. The Kier molecular flexibility index (Phi) is 5.80. The molecule has 5 nitrogen and oxygen atoms in total. The summed E-state index contributed by atoms with van der Waals surface area (Å²) in [7, 11) is -0.826. The van der Waals surface area contributed by atoms with Gasteiger partial charge in [0.15, 0.2) is 0 Å². The van der Waals surface area contributed by atoms with Crippen LogP contribution in [0.5, 0.6) is 0 Å². The van der Waals surface area contributed by atoms with Crippen molar-refractivity contribution in [2.45, 2.75) is 13.8 Å². The van der Waals surface area contributed by atoms with Gasteiger partial charge in [0.05, 0.1) is 6.16 Å². The van der Waals surface area contributed by atoms with E-state index in [9.17, 15) is 9.36 Å². The highest BCUT2D eigenvalue weighted by Crippen LogP contribution is 2.47. The third-order valence-electron chi connectivity index (χ3n) is 1.73. The molecule has 0 atom stereocenters. The zero-order valence-corrected chi connectivity index (χ0v) is 10.3. The summed E-state index contributed by atoms with van der Waals surface area (Å²) in [6.45, 7) is 3.68. The van der Waals surface area contributed by atoms with Gasteiger partial charge in [-0.1, -0.05) is 19.9 Å². The first-order valence-electron chi connectivity index (χ1n) is 4.49. The second kappa shape index (κ2) is 6.05. The minimum atomic E-state index is -3.30. The summed E-state index contributed by atoms with van der Waals surface area (Å²) in [4.78, 5) is 10.8. The number of hydrogen-bond donors (Lipinski definition) is 1. The van der Waals surface area contributed by atoms with Crippen LogP contribution in [0.3, 0.4) is 0 Å². The number of allylic oxidation sites excluding steroid dienone is 1. The average molecular weight is 236 g/mol. The Morgan fingerprint density at radius 2 is 1.87 bits per heavy atom. The van der Waals surface area contributed by atoms with E-state index in [2.05, 4.69) is 9.05 Å². The Labute approximate surface area is 89.6 Å². The smallest absolute Gasteiger partial charge is 0.334 e. The first-order valence-corrected chi connectivity index (χ1v) is 6.22. The lowest BCUT2D eigenvalue weighted by atomic mass is 10.1. The van der Waals surface area contributed by atoms with Crippen molar-refractivity contribution in [3.63, 3.8) is 0 Å². The third kappa shape index (κ3) is 5.11. The highest BCUT2D eigenvalue weighted by atomic mass is 31.2. The first-order chi connectivity index (χ1) is 6.84. The minimum absolute atomic E-state index is 0.0528. The summed E-state index contributed by atoms with van der Waals surface area (Å²) in [5.74, 6) is -1.03. The van der Waals surface area contributed by atoms with Gasteiger partial charge in [-0.3, -0.25) is 4.57 Å². The Morgan fingerprint density at radius 1 is 1.40 bits per heavy atom. The maximum absolute atomic E-state index is 11.7. The van der Waals surface area contributed by atoms with Gasteiger partial charge in [-0.25, -0.2) is 4.79 Å². The highest BCUT2D eigenvalue weighted by Gasteiger charge is 2.26. The van der Waals surface area contributed by atoms with Crippen molar-refractivity contribution in [2.24, 2.45) is 5.92 Å². The molecule has 0 rings (SSSR count). The molecule has 0 radical (unpaired) electrons. The molecule has 0 aliphatic carbocycles. The lowest BCUT2D eigenvalue weighted by molar-refractivity contribution is -0.132. The molecule has 1 N–H and O–H groups in total. The van der Waals surface area contributed by atoms with Crippen molar-refractivity contribution >= 4 is 13.6 Å². The molecule has 0 saturated carbocycles. The summed E-state index contributed by atoms with van der Waals surface area (Å²) >= 11 is 0. The van der Waals surface area contributed by atoms with Gasteiger partial charge in [0, 0.05) is 19.8 Å². The molecule has 0 saturated heterocycles. The van der Waals surface area contributed by atoms with Gasteiger partial charge >= 0.3 is 13.6 Å². The van der Waals surface area contributed by atoms with E-state index < -0.39 is 13.6 Å². The standard InChI is InChI=1S/C9H17O5P/c1-7(2)5-8(9(10)11)6-15(12,13-3)14-4/h5,7H,6H2,1-4H3,(H,10,11). The van der Waals surface area contributed by atoms with E-state index in [0.717, 1.165) is 0 Å². The van der Waals surface area contributed by atoms with Crippen LogP contribution in [0.25, 0.3) is 0 Å². The lowest BCUT2D eigenvalue weighted by Crippen LogP contribution is -2.08. The predicted octanol–water partition coefficient (Wildman–Crippen LogP) is 2.14. The van der Waals surface area contributed by atoms with Crippen LogP contribution in [0.1, 0.15) is 13.8 Å². The van der Waals surface area contributed by atoms with Gasteiger partial charge < -0.3 is 14.2 Å². The van der Waals surface area contributed by atoms with E-state index >= 15 is 0 Å². The van der Waals surface area contributed by atoms with Crippen LogP contribution >= 0.6 is 7.60 Å². The zero-order valence-electron chi connectivity index (χ0n) is 9.39. The third-order valence-corrected chi connectivity index (χ3v) is 3.57. The van der Waals surface area contributed by atoms with Gasteiger partial charge in [-0.2, -0.15) is 0 Å². The Hall–Kier alpha value is -0.640. The number of rotatable bonds is 6. The second-order valence-corrected chi connectivity index (χ2v) is 5.64. The quantitative estimate of drug-likeness (QED) is 0.565. The summed E-state index contributed by atoms with van der Waals surface area (Å²) in [6, 6.07) is 0. The van der Waals surface area contributed by atoms with Gasteiger partial charge in [0.25, 0.3) is 0 Å². The molecule has 0 fully saturated rings. The molecule has 15 heavy (non-hydrogen) atoms. The maximum atomic E-state index is 11.7. The number of hydrogen-bond acceptors (Lipinski definition) is 4. The van der Waals surface area contributed by atoms with Crippen LogP contribution in [0.4, 0.5) is 0 Å². The normalized spacial score (nSPS) is 13.3. The van der Waals surface area contributed by atoms with Crippen molar-refractivity contribution in [1.29, 1.82) is 0 Å². The molecular formula is C9H17O5P. The summed E-state index contributed by atoms with van der Waals surface area (Å²) < 4.78 is 21.1. The summed E-state index contributed by atoms with van der Waals surface area (Å²) in [6.07, 6.45) is 1.32. The fourth-order valence-electron chi connectivity index (χ4n) is 1.01. The second-order valence-electron chi connectivity index (χ2n) is 3.38. The maximum Gasteiger partial charge on any atom is 0.334 e. The molecule has 0 amide bonds. The van der Waals surface area contributed by atoms with Crippen molar-refractivity contribution in [3.8, 4) is 0 Å².